The van der Waals surface area contributed by atoms with E-state index in [2.05, 4.69) is 10.6 Å². The van der Waals surface area contributed by atoms with Crippen LogP contribution in [0.2, 0.25) is 5.02 Å². The van der Waals surface area contributed by atoms with Crippen molar-refractivity contribution in [3.63, 3.8) is 0 Å². The first-order valence-corrected chi connectivity index (χ1v) is 12.5. The van der Waals surface area contributed by atoms with Crippen molar-refractivity contribution in [1.82, 2.24) is 14.9 Å². The zero-order valence-corrected chi connectivity index (χ0v) is 18.4. The average molecular weight is 454 g/mol. The number of hydrogen-bond acceptors (Lipinski definition) is 5. The topological polar surface area (TPSA) is 78.5 Å². The minimum absolute atomic E-state index is 0.0760. The molecule has 4 rings (SSSR count). The number of nitrogens with zero attached hydrogens (tertiary/aromatic N) is 1. The lowest BCUT2D eigenvalue weighted by molar-refractivity contribution is 0.0948. The molecule has 2 aromatic rings. The van der Waals surface area contributed by atoms with E-state index in [0.29, 0.717) is 24.5 Å². The van der Waals surface area contributed by atoms with Gasteiger partial charge >= 0.3 is 0 Å². The summed E-state index contributed by atoms with van der Waals surface area (Å²) in [5.41, 5.74) is 1.92. The highest BCUT2D eigenvalue weighted by atomic mass is 35.5. The number of carbonyl (C=O) groups is 1. The van der Waals surface area contributed by atoms with Gasteiger partial charge in [-0.3, -0.25) is 4.79 Å². The molecule has 1 aromatic carbocycles. The van der Waals surface area contributed by atoms with E-state index in [4.69, 9.17) is 11.6 Å². The fourth-order valence-corrected chi connectivity index (χ4v) is 6.90. The third kappa shape index (κ3) is 4.36. The Hall–Kier alpha value is -1.45. The van der Waals surface area contributed by atoms with Crippen molar-refractivity contribution in [2.45, 2.75) is 43.2 Å². The number of piperidine rings is 1. The summed E-state index contributed by atoms with van der Waals surface area (Å²) in [6, 6.07) is 7.41. The third-order valence-corrected chi connectivity index (χ3v) is 8.84. The molecule has 0 unspecified atom stereocenters. The molecule has 9 heteroatoms. The van der Waals surface area contributed by atoms with E-state index in [1.54, 1.807) is 11.4 Å². The van der Waals surface area contributed by atoms with Crippen molar-refractivity contribution in [2.75, 3.05) is 19.6 Å². The van der Waals surface area contributed by atoms with Crippen LogP contribution in [0.1, 0.15) is 40.1 Å². The second-order valence-electron chi connectivity index (χ2n) is 7.44. The molecule has 1 saturated heterocycles. The molecule has 0 saturated carbocycles. The summed E-state index contributed by atoms with van der Waals surface area (Å²) in [6.07, 6.45) is 3.92. The van der Waals surface area contributed by atoms with E-state index >= 15 is 0 Å². The van der Waals surface area contributed by atoms with E-state index in [1.165, 1.54) is 10.4 Å². The molecule has 2 aliphatic heterocycles. The summed E-state index contributed by atoms with van der Waals surface area (Å²) < 4.78 is 28.0. The third-order valence-electron chi connectivity index (χ3n) is 5.56. The van der Waals surface area contributed by atoms with Gasteiger partial charge in [0, 0.05) is 30.7 Å². The van der Waals surface area contributed by atoms with Gasteiger partial charge in [0.2, 0.25) is 10.0 Å². The number of fused-ring (bicyclic) bond motifs is 1. The molecule has 1 atom stereocenters. The zero-order valence-electron chi connectivity index (χ0n) is 16.0. The summed E-state index contributed by atoms with van der Waals surface area (Å²) in [4.78, 5) is 13.0. The molecule has 2 aliphatic rings. The lowest BCUT2D eigenvalue weighted by atomic mass is 10.0. The van der Waals surface area contributed by atoms with Gasteiger partial charge < -0.3 is 10.6 Å². The van der Waals surface area contributed by atoms with E-state index in [9.17, 15) is 13.2 Å². The van der Waals surface area contributed by atoms with E-state index in [-0.39, 0.29) is 28.3 Å². The Bertz CT molecular complexity index is 1000. The molecule has 3 heterocycles. The summed E-state index contributed by atoms with van der Waals surface area (Å²) in [6.45, 7) is 2.06. The molecule has 0 radical (unpaired) electrons. The normalized spacial score (nSPS) is 20.2. The van der Waals surface area contributed by atoms with Crippen LogP contribution in [0.5, 0.6) is 0 Å². The number of benzene rings is 1. The van der Waals surface area contributed by atoms with Crippen molar-refractivity contribution < 1.29 is 13.2 Å². The maximum atomic E-state index is 13.3. The molecule has 0 bridgehead atoms. The number of nitrogens with one attached hydrogen (secondary N) is 2. The molecule has 2 N–H and O–H groups in total. The van der Waals surface area contributed by atoms with Crippen LogP contribution < -0.4 is 10.6 Å². The van der Waals surface area contributed by atoms with E-state index in [1.807, 2.05) is 12.1 Å². The number of thiophene rings is 1. The van der Waals surface area contributed by atoms with E-state index in [0.717, 1.165) is 48.3 Å². The van der Waals surface area contributed by atoms with Crippen LogP contribution in [-0.2, 0) is 23.0 Å². The molecule has 0 aliphatic carbocycles. The summed E-state index contributed by atoms with van der Waals surface area (Å²) in [5, 5.41) is 8.51. The number of halogens is 1. The largest absolute Gasteiger partial charge is 0.350 e. The van der Waals surface area contributed by atoms with Crippen LogP contribution >= 0.6 is 22.9 Å². The van der Waals surface area contributed by atoms with Crippen LogP contribution in [0.15, 0.2) is 34.5 Å². The standard InChI is InChI=1S/C20H24ClN3O3S2/c21-17-6-3-4-14-7-10-24(13-16(14)17)29(26,27)18-8-11-28-19(18)20(25)23-12-15-5-1-2-9-22-15/h3-4,6,8,11,15,22H,1-2,5,7,9-10,12-13H2,(H,23,25)/t15-/m1/s1. The van der Waals surface area contributed by atoms with Crippen molar-refractivity contribution in [2.24, 2.45) is 0 Å². The predicted molar refractivity (Wildman–Crippen MR) is 115 cm³/mol. The second-order valence-corrected chi connectivity index (χ2v) is 10.7. The fraction of sp³-hybridized carbons (Fsp3) is 0.450. The van der Waals surface area contributed by atoms with Gasteiger partial charge in [0.05, 0.1) is 0 Å². The first-order chi connectivity index (χ1) is 14.0. The van der Waals surface area contributed by atoms with Gasteiger partial charge in [0.25, 0.3) is 5.91 Å². The SMILES string of the molecule is O=C(NC[C@H]1CCCCN1)c1sccc1S(=O)(=O)N1CCc2cccc(Cl)c2C1. The Morgan fingerprint density at radius 3 is 2.97 bits per heavy atom. The molecular weight excluding hydrogens is 430 g/mol. The lowest BCUT2D eigenvalue weighted by Gasteiger charge is -2.28. The highest BCUT2D eigenvalue weighted by Crippen LogP contribution is 2.32. The molecular formula is C20H24ClN3O3S2. The Labute approximate surface area is 180 Å². The molecule has 1 aromatic heterocycles. The van der Waals surface area contributed by atoms with Crippen molar-refractivity contribution in [3.8, 4) is 0 Å². The van der Waals surface area contributed by atoms with Gasteiger partial charge in [-0.1, -0.05) is 30.2 Å². The maximum absolute atomic E-state index is 13.3. The van der Waals surface area contributed by atoms with Crippen LogP contribution in [0.3, 0.4) is 0 Å². The van der Waals surface area contributed by atoms with Crippen LogP contribution in [-0.4, -0.2) is 44.3 Å². The van der Waals surface area contributed by atoms with Crippen LogP contribution in [0.25, 0.3) is 0 Å². The van der Waals surface area contributed by atoms with Crippen molar-refractivity contribution in [1.29, 1.82) is 0 Å². The molecule has 1 fully saturated rings. The minimum atomic E-state index is -3.79. The number of rotatable bonds is 5. The minimum Gasteiger partial charge on any atom is -0.350 e. The average Bonchev–Trinajstić information content (AvgIpc) is 3.24. The Morgan fingerprint density at radius 2 is 2.17 bits per heavy atom. The fourth-order valence-electron chi connectivity index (χ4n) is 3.92. The Kier molecular flexibility index (Phi) is 6.27. The molecule has 6 nitrogen and oxygen atoms in total. The Balaban J connectivity index is 1.50. The summed E-state index contributed by atoms with van der Waals surface area (Å²) in [5.74, 6) is -0.332. The van der Waals surface area contributed by atoms with Gasteiger partial charge in [-0.15, -0.1) is 11.3 Å². The van der Waals surface area contributed by atoms with E-state index < -0.39 is 10.0 Å². The molecule has 0 spiro atoms. The van der Waals surface area contributed by atoms with Gasteiger partial charge in [-0.25, -0.2) is 8.42 Å². The smallest absolute Gasteiger partial charge is 0.262 e. The molecule has 1 amide bonds. The first-order valence-electron chi connectivity index (χ1n) is 9.82. The monoisotopic (exact) mass is 453 g/mol. The second kappa shape index (κ2) is 8.73. The van der Waals surface area contributed by atoms with Gasteiger partial charge in [0.1, 0.15) is 9.77 Å². The first kappa shape index (κ1) is 20.8. The van der Waals surface area contributed by atoms with Crippen LogP contribution in [0, 0.1) is 0 Å². The maximum Gasteiger partial charge on any atom is 0.262 e. The van der Waals surface area contributed by atoms with Gasteiger partial charge in [-0.05, 0) is 54.4 Å². The van der Waals surface area contributed by atoms with Crippen LogP contribution in [0.4, 0.5) is 0 Å². The number of carbonyl (C=O) groups excluding carboxylic acids is 1. The quantitative estimate of drug-likeness (QED) is 0.729. The number of sulfonamides is 1. The van der Waals surface area contributed by atoms with Gasteiger partial charge in [0.15, 0.2) is 0 Å². The summed E-state index contributed by atoms with van der Waals surface area (Å²) in [7, 11) is -3.79. The highest BCUT2D eigenvalue weighted by Gasteiger charge is 2.33. The zero-order chi connectivity index (χ0) is 20.4. The lowest BCUT2D eigenvalue weighted by Crippen LogP contribution is -2.43. The number of amides is 1. The van der Waals surface area contributed by atoms with Crippen molar-refractivity contribution >= 4 is 38.9 Å². The van der Waals surface area contributed by atoms with Crippen molar-refractivity contribution in [3.05, 3.63) is 50.7 Å². The molecule has 156 valence electrons. The van der Waals surface area contributed by atoms with Gasteiger partial charge in [-0.2, -0.15) is 4.31 Å². The number of hydrogen-bond donors (Lipinski definition) is 2. The summed E-state index contributed by atoms with van der Waals surface area (Å²) >= 11 is 7.45. The Morgan fingerprint density at radius 1 is 1.31 bits per heavy atom. The highest BCUT2D eigenvalue weighted by molar-refractivity contribution is 7.89. The predicted octanol–water partition coefficient (Wildman–Crippen LogP) is 3.02. The molecule has 29 heavy (non-hydrogen) atoms.